The second kappa shape index (κ2) is 9.91. The fourth-order valence-electron chi connectivity index (χ4n) is 2.69. The van der Waals surface area contributed by atoms with Gasteiger partial charge in [0.2, 0.25) is 10.0 Å². The molecule has 0 heterocycles. The Hall–Kier alpha value is -2.09. The number of benzene rings is 2. The molecule has 6 nitrogen and oxygen atoms in total. The Bertz CT molecular complexity index is 910. The third-order valence-corrected chi connectivity index (χ3v) is 6.69. The number of carbonyl (C=O) groups is 1. The van der Waals surface area contributed by atoms with E-state index in [9.17, 15) is 13.2 Å². The van der Waals surface area contributed by atoms with Crippen LogP contribution in [0.1, 0.15) is 29.8 Å². The first-order chi connectivity index (χ1) is 13.3. The molecule has 8 heteroatoms. The maximum absolute atomic E-state index is 12.8. The number of aryl methyl sites for hydroxylation is 1. The van der Waals surface area contributed by atoms with Crippen molar-refractivity contribution in [3.63, 3.8) is 0 Å². The van der Waals surface area contributed by atoms with Crippen molar-refractivity contribution in [2.75, 3.05) is 26.2 Å². The highest BCUT2D eigenvalue weighted by Gasteiger charge is 2.24. The van der Waals surface area contributed by atoms with Crippen molar-refractivity contribution in [1.29, 1.82) is 0 Å². The smallest absolute Gasteiger partial charge is 0.251 e. The first kappa shape index (κ1) is 22.2. The summed E-state index contributed by atoms with van der Waals surface area (Å²) in [6.07, 6.45) is 0. The molecule has 2 aromatic carbocycles. The molecule has 0 saturated heterocycles. The van der Waals surface area contributed by atoms with Crippen molar-refractivity contribution < 1.29 is 17.9 Å². The van der Waals surface area contributed by atoms with Crippen LogP contribution in [0.25, 0.3) is 0 Å². The second-order valence-corrected chi connectivity index (χ2v) is 8.47. The Labute approximate surface area is 171 Å². The number of halogens is 1. The molecule has 1 N–H and O–H groups in total. The SMILES string of the molecule is CCN(CC)S(=O)(=O)c1cc(C(=O)NCCOc2ccc(Cl)cc2)ccc1C. The molecule has 0 unspecified atom stereocenters. The summed E-state index contributed by atoms with van der Waals surface area (Å²) in [7, 11) is -3.63. The Balaban J connectivity index is 2.02. The van der Waals surface area contributed by atoms with E-state index >= 15 is 0 Å². The van der Waals surface area contributed by atoms with Gasteiger partial charge >= 0.3 is 0 Å². The van der Waals surface area contributed by atoms with Crippen molar-refractivity contribution in [3.05, 3.63) is 58.6 Å². The second-order valence-electron chi connectivity index (χ2n) is 6.13. The number of amides is 1. The van der Waals surface area contributed by atoms with Crippen LogP contribution in [-0.2, 0) is 10.0 Å². The molecule has 152 valence electrons. The summed E-state index contributed by atoms with van der Waals surface area (Å²) in [6, 6.07) is 11.6. The van der Waals surface area contributed by atoms with Gasteiger partial charge in [0.15, 0.2) is 0 Å². The number of hydrogen-bond acceptors (Lipinski definition) is 4. The minimum absolute atomic E-state index is 0.154. The molecule has 2 aromatic rings. The van der Waals surface area contributed by atoms with Gasteiger partial charge in [0, 0.05) is 23.7 Å². The van der Waals surface area contributed by atoms with Crippen molar-refractivity contribution >= 4 is 27.5 Å². The average molecular weight is 425 g/mol. The van der Waals surface area contributed by atoms with E-state index in [1.165, 1.54) is 10.4 Å². The fraction of sp³-hybridized carbons (Fsp3) is 0.350. The Kier molecular flexibility index (Phi) is 7.86. The van der Waals surface area contributed by atoms with Gasteiger partial charge in [-0.25, -0.2) is 8.42 Å². The van der Waals surface area contributed by atoms with Gasteiger partial charge in [0.25, 0.3) is 5.91 Å². The Morgan fingerprint density at radius 2 is 1.75 bits per heavy atom. The zero-order valence-electron chi connectivity index (χ0n) is 16.2. The van der Waals surface area contributed by atoms with Gasteiger partial charge in [0.1, 0.15) is 12.4 Å². The number of hydrogen-bond donors (Lipinski definition) is 1. The normalized spacial score (nSPS) is 11.5. The minimum atomic E-state index is -3.63. The third-order valence-electron chi connectivity index (χ3n) is 4.24. The average Bonchev–Trinajstić information content (AvgIpc) is 2.67. The van der Waals surface area contributed by atoms with Crippen LogP contribution in [0.3, 0.4) is 0 Å². The zero-order chi connectivity index (χ0) is 20.7. The molecule has 0 radical (unpaired) electrons. The number of ether oxygens (including phenoxy) is 1. The lowest BCUT2D eigenvalue weighted by atomic mass is 10.1. The molecular weight excluding hydrogens is 400 g/mol. The summed E-state index contributed by atoms with van der Waals surface area (Å²) in [5.41, 5.74) is 0.900. The lowest BCUT2D eigenvalue weighted by Crippen LogP contribution is -2.32. The van der Waals surface area contributed by atoms with Gasteiger partial charge in [-0.3, -0.25) is 4.79 Å². The largest absolute Gasteiger partial charge is 0.492 e. The fourth-order valence-corrected chi connectivity index (χ4v) is 4.52. The molecule has 28 heavy (non-hydrogen) atoms. The molecule has 0 bridgehead atoms. The van der Waals surface area contributed by atoms with E-state index in [1.54, 1.807) is 57.2 Å². The lowest BCUT2D eigenvalue weighted by molar-refractivity contribution is 0.0947. The number of rotatable bonds is 9. The molecule has 2 rings (SSSR count). The molecule has 1 amide bonds. The molecule has 0 spiro atoms. The van der Waals surface area contributed by atoms with Crippen molar-refractivity contribution in [3.8, 4) is 5.75 Å². The van der Waals surface area contributed by atoms with Crippen molar-refractivity contribution in [1.82, 2.24) is 9.62 Å². The summed E-state index contributed by atoms with van der Waals surface area (Å²) < 4.78 is 32.5. The maximum atomic E-state index is 12.8. The highest BCUT2D eigenvalue weighted by Crippen LogP contribution is 2.21. The van der Waals surface area contributed by atoms with E-state index in [2.05, 4.69) is 5.32 Å². The van der Waals surface area contributed by atoms with E-state index in [4.69, 9.17) is 16.3 Å². The predicted octanol–water partition coefficient (Wildman–Crippen LogP) is 3.49. The van der Waals surface area contributed by atoms with Crippen molar-refractivity contribution in [2.24, 2.45) is 0 Å². The van der Waals surface area contributed by atoms with Crippen LogP contribution in [0.2, 0.25) is 5.02 Å². The van der Waals surface area contributed by atoms with Gasteiger partial charge in [-0.2, -0.15) is 4.31 Å². The minimum Gasteiger partial charge on any atom is -0.492 e. The molecule has 0 aliphatic heterocycles. The van der Waals surface area contributed by atoms with Gasteiger partial charge < -0.3 is 10.1 Å². The molecule has 0 saturated carbocycles. The molecule has 0 aromatic heterocycles. The summed E-state index contributed by atoms with van der Waals surface area (Å²) in [5, 5.41) is 3.36. The monoisotopic (exact) mass is 424 g/mol. The summed E-state index contributed by atoms with van der Waals surface area (Å²) >= 11 is 5.82. The van der Waals surface area contributed by atoms with Crippen LogP contribution in [0, 0.1) is 6.92 Å². The summed E-state index contributed by atoms with van der Waals surface area (Å²) in [5.74, 6) is 0.303. The van der Waals surface area contributed by atoms with E-state index in [-0.39, 0.29) is 24.0 Å². The summed E-state index contributed by atoms with van der Waals surface area (Å²) in [6.45, 7) is 6.60. The molecular formula is C20H25ClN2O4S. The Morgan fingerprint density at radius 3 is 2.36 bits per heavy atom. The highest BCUT2D eigenvalue weighted by atomic mass is 35.5. The van der Waals surface area contributed by atoms with E-state index in [0.29, 0.717) is 35.0 Å². The van der Waals surface area contributed by atoms with Crippen molar-refractivity contribution in [2.45, 2.75) is 25.7 Å². The first-order valence-corrected chi connectivity index (χ1v) is 10.9. The Morgan fingerprint density at radius 1 is 1.11 bits per heavy atom. The van der Waals surface area contributed by atoms with Gasteiger partial charge in [-0.05, 0) is 48.9 Å². The quantitative estimate of drug-likeness (QED) is 0.625. The van der Waals surface area contributed by atoms with E-state index < -0.39 is 10.0 Å². The van der Waals surface area contributed by atoms with Gasteiger partial charge in [0.05, 0.1) is 11.4 Å². The topological polar surface area (TPSA) is 75.7 Å². The number of nitrogens with one attached hydrogen (secondary N) is 1. The van der Waals surface area contributed by atoms with Crippen LogP contribution in [0.15, 0.2) is 47.4 Å². The summed E-state index contributed by atoms with van der Waals surface area (Å²) in [4.78, 5) is 12.6. The standard InChI is InChI=1S/C20H25ClN2O4S/c1-4-23(5-2)28(25,26)19-14-16(7-6-15(19)3)20(24)22-12-13-27-18-10-8-17(21)9-11-18/h6-11,14H,4-5,12-13H2,1-3H3,(H,22,24). The van der Waals surface area contributed by atoms with Crippen LogP contribution >= 0.6 is 11.6 Å². The van der Waals surface area contributed by atoms with Crippen LogP contribution in [0.4, 0.5) is 0 Å². The highest BCUT2D eigenvalue weighted by molar-refractivity contribution is 7.89. The van der Waals surface area contributed by atoms with E-state index in [0.717, 1.165) is 0 Å². The molecule has 0 aliphatic carbocycles. The predicted molar refractivity (Wildman–Crippen MR) is 111 cm³/mol. The third kappa shape index (κ3) is 5.47. The number of carbonyl (C=O) groups excluding carboxylic acids is 1. The first-order valence-electron chi connectivity index (χ1n) is 9.07. The number of sulfonamides is 1. The van der Waals surface area contributed by atoms with Crippen LogP contribution < -0.4 is 10.1 Å². The zero-order valence-corrected chi connectivity index (χ0v) is 17.8. The van der Waals surface area contributed by atoms with Gasteiger partial charge in [-0.1, -0.05) is 31.5 Å². The molecule has 0 fully saturated rings. The lowest BCUT2D eigenvalue weighted by Gasteiger charge is -2.20. The van der Waals surface area contributed by atoms with Crippen LogP contribution in [-0.4, -0.2) is 44.9 Å². The molecule has 0 aliphatic rings. The number of nitrogens with zero attached hydrogens (tertiary/aromatic N) is 1. The maximum Gasteiger partial charge on any atom is 0.251 e. The van der Waals surface area contributed by atoms with E-state index in [1.807, 2.05) is 0 Å². The van der Waals surface area contributed by atoms with Gasteiger partial charge in [-0.15, -0.1) is 0 Å². The molecule has 0 atom stereocenters. The van der Waals surface area contributed by atoms with Crippen LogP contribution in [0.5, 0.6) is 5.75 Å².